The lowest BCUT2D eigenvalue weighted by atomic mass is 9.97. The van der Waals surface area contributed by atoms with Crippen molar-refractivity contribution >= 4 is 11.9 Å². The number of esters is 2. The van der Waals surface area contributed by atoms with Crippen molar-refractivity contribution in [3.8, 4) is 0 Å². The number of hydrogen-bond acceptors (Lipinski definition) is 5. The Hall–Kier alpha value is -2.14. The van der Waals surface area contributed by atoms with E-state index in [1.54, 1.807) is 12.1 Å². The smallest absolute Gasteiger partial charge is 0.338 e. The summed E-state index contributed by atoms with van der Waals surface area (Å²) in [6.07, 6.45) is -0.636. The molecule has 5 nitrogen and oxygen atoms in total. The quantitative estimate of drug-likeness (QED) is 0.636. The van der Waals surface area contributed by atoms with Crippen molar-refractivity contribution in [1.82, 2.24) is 0 Å². The molecule has 1 N–H and O–H groups in total. The molecule has 0 heterocycles. The number of carbonyl (C=O) groups is 2. The molecule has 108 valence electrons. The zero-order valence-electron chi connectivity index (χ0n) is 11.6. The molecule has 5 heteroatoms. The molecule has 0 aliphatic rings. The Labute approximate surface area is 117 Å². The Morgan fingerprint density at radius 1 is 1.35 bits per heavy atom. The molecule has 0 spiro atoms. The monoisotopic (exact) mass is 278 g/mol. The standard InChI is InChI=1S/C15H18O5/c1-4-9-20-14(17)10(2)13(16)11-7-5-6-8-12(11)15(18)19-3/h5-8,13,16H,2,4,9H2,1,3H3. The van der Waals surface area contributed by atoms with Crippen LogP contribution in [0.5, 0.6) is 0 Å². The van der Waals surface area contributed by atoms with Crippen molar-refractivity contribution in [2.24, 2.45) is 0 Å². The third-order valence-electron chi connectivity index (χ3n) is 2.69. The van der Waals surface area contributed by atoms with Gasteiger partial charge in [-0.05, 0) is 18.1 Å². The van der Waals surface area contributed by atoms with Gasteiger partial charge in [0, 0.05) is 0 Å². The summed E-state index contributed by atoms with van der Waals surface area (Å²) in [5, 5.41) is 10.2. The Balaban J connectivity index is 2.97. The number of methoxy groups -OCH3 is 1. The molecule has 0 aliphatic heterocycles. The molecule has 1 aromatic carbocycles. The minimum Gasteiger partial charge on any atom is -0.465 e. The van der Waals surface area contributed by atoms with Crippen LogP contribution in [0.3, 0.4) is 0 Å². The second kappa shape index (κ2) is 7.45. The predicted molar refractivity (Wildman–Crippen MR) is 73.1 cm³/mol. The summed E-state index contributed by atoms with van der Waals surface area (Å²) in [5.41, 5.74) is 0.333. The molecule has 1 rings (SSSR count). The summed E-state index contributed by atoms with van der Waals surface area (Å²) in [4.78, 5) is 23.3. The molecule has 20 heavy (non-hydrogen) atoms. The van der Waals surface area contributed by atoms with E-state index in [1.165, 1.54) is 19.2 Å². The largest absolute Gasteiger partial charge is 0.465 e. The maximum Gasteiger partial charge on any atom is 0.338 e. The Kier molecular flexibility index (Phi) is 5.93. The van der Waals surface area contributed by atoms with Gasteiger partial charge in [-0.2, -0.15) is 0 Å². The highest BCUT2D eigenvalue weighted by atomic mass is 16.5. The Morgan fingerprint density at radius 2 is 2.00 bits per heavy atom. The molecule has 0 amide bonds. The summed E-state index contributed by atoms with van der Waals surface area (Å²) < 4.78 is 9.54. The predicted octanol–water partition coefficient (Wildman–Crippen LogP) is 2.02. The second-order valence-electron chi connectivity index (χ2n) is 4.14. The average Bonchev–Trinajstić information content (AvgIpc) is 2.50. The van der Waals surface area contributed by atoms with Crippen molar-refractivity contribution < 1.29 is 24.2 Å². The Bertz CT molecular complexity index is 507. The van der Waals surface area contributed by atoms with Crippen LogP contribution < -0.4 is 0 Å². The van der Waals surface area contributed by atoms with Crippen molar-refractivity contribution in [3.63, 3.8) is 0 Å². The third-order valence-corrected chi connectivity index (χ3v) is 2.69. The van der Waals surface area contributed by atoms with E-state index in [-0.39, 0.29) is 23.3 Å². The van der Waals surface area contributed by atoms with Crippen LogP contribution in [0.15, 0.2) is 36.4 Å². The number of aliphatic hydroxyl groups is 1. The Morgan fingerprint density at radius 3 is 2.60 bits per heavy atom. The molecule has 0 saturated heterocycles. The molecule has 1 aromatic rings. The van der Waals surface area contributed by atoms with Gasteiger partial charge in [0.1, 0.15) is 6.10 Å². The van der Waals surface area contributed by atoms with Gasteiger partial charge in [0.2, 0.25) is 0 Å². The van der Waals surface area contributed by atoms with Gasteiger partial charge >= 0.3 is 11.9 Å². The van der Waals surface area contributed by atoms with Crippen LogP contribution in [0.2, 0.25) is 0 Å². The highest BCUT2D eigenvalue weighted by Gasteiger charge is 2.24. The molecule has 0 saturated carbocycles. The molecule has 0 bridgehead atoms. The van der Waals surface area contributed by atoms with E-state index < -0.39 is 18.0 Å². The first-order valence-corrected chi connectivity index (χ1v) is 6.24. The van der Waals surface area contributed by atoms with Gasteiger partial charge in [0.25, 0.3) is 0 Å². The minimum atomic E-state index is -1.31. The van der Waals surface area contributed by atoms with E-state index in [0.717, 1.165) is 0 Å². The number of carbonyl (C=O) groups excluding carboxylic acids is 2. The summed E-state index contributed by atoms with van der Waals surface area (Å²) in [6.45, 7) is 5.65. The van der Waals surface area contributed by atoms with Gasteiger partial charge < -0.3 is 14.6 Å². The van der Waals surface area contributed by atoms with Crippen molar-refractivity contribution in [2.45, 2.75) is 19.4 Å². The van der Waals surface area contributed by atoms with Crippen molar-refractivity contribution in [2.75, 3.05) is 13.7 Å². The number of aliphatic hydroxyl groups excluding tert-OH is 1. The lowest BCUT2D eigenvalue weighted by Gasteiger charge is -2.16. The van der Waals surface area contributed by atoms with Crippen LogP contribution in [-0.2, 0) is 14.3 Å². The lowest BCUT2D eigenvalue weighted by Crippen LogP contribution is -2.17. The van der Waals surface area contributed by atoms with E-state index in [2.05, 4.69) is 11.3 Å². The molecule has 1 atom stereocenters. The first-order valence-electron chi connectivity index (χ1n) is 6.24. The summed E-state index contributed by atoms with van der Waals surface area (Å²) in [5.74, 6) is -1.27. The highest BCUT2D eigenvalue weighted by molar-refractivity contribution is 5.93. The number of benzene rings is 1. The maximum absolute atomic E-state index is 11.7. The topological polar surface area (TPSA) is 72.8 Å². The SMILES string of the molecule is C=C(C(=O)OCCC)C(O)c1ccccc1C(=O)OC. The van der Waals surface area contributed by atoms with Crippen LogP contribution in [0, 0.1) is 0 Å². The van der Waals surface area contributed by atoms with E-state index in [0.29, 0.717) is 6.42 Å². The zero-order valence-corrected chi connectivity index (χ0v) is 11.6. The van der Waals surface area contributed by atoms with Gasteiger partial charge in [-0.15, -0.1) is 0 Å². The van der Waals surface area contributed by atoms with E-state index in [1.807, 2.05) is 6.92 Å². The number of rotatable bonds is 6. The van der Waals surface area contributed by atoms with Gasteiger partial charge in [-0.3, -0.25) is 0 Å². The van der Waals surface area contributed by atoms with Gasteiger partial charge in [-0.1, -0.05) is 31.7 Å². The van der Waals surface area contributed by atoms with E-state index in [9.17, 15) is 14.7 Å². The minimum absolute atomic E-state index is 0.116. The first kappa shape index (κ1) is 15.9. The molecule has 0 radical (unpaired) electrons. The fourth-order valence-electron chi connectivity index (χ4n) is 1.62. The van der Waals surface area contributed by atoms with Crippen LogP contribution in [0.25, 0.3) is 0 Å². The molecular formula is C15H18O5. The average molecular weight is 278 g/mol. The maximum atomic E-state index is 11.7. The highest BCUT2D eigenvalue weighted by Crippen LogP contribution is 2.25. The lowest BCUT2D eigenvalue weighted by molar-refractivity contribution is -0.140. The van der Waals surface area contributed by atoms with E-state index in [4.69, 9.17) is 4.74 Å². The van der Waals surface area contributed by atoms with Crippen LogP contribution in [0.1, 0.15) is 35.4 Å². The van der Waals surface area contributed by atoms with Crippen LogP contribution >= 0.6 is 0 Å². The zero-order chi connectivity index (χ0) is 15.1. The van der Waals surface area contributed by atoms with Crippen LogP contribution in [-0.4, -0.2) is 30.8 Å². The molecule has 0 aromatic heterocycles. The van der Waals surface area contributed by atoms with Gasteiger partial charge in [0.15, 0.2) is 0 Å². The van der Waals surface area contributed by atoms with Crippen molar-refractivity contribution in [1.29, 1.82) is 0 Å². The first-order chi connectivity index (χ1) is 9.52. The van der Waals surface area contributed by atoms with Crippen LogP contribution in [0.4, 0.5) is 0 Å². The van der Waals surface area contributed by atoms with Gasteiger partial charge in [0.05, 0.1) is 24.9 Å². The summed E-state index contributed by atoms with van der Waals surface area (Å²) >= 11 is 0. The number of hydrogen-bond donors (Lipinski definition) is 1. The third kappa shape index (κ3) is 3.68. The van der Waals surface area contributed by atoms with Gasteiger partial charge in [-0.25, -0.2) is 9.59 Å². The molecule has 1 unspecified atom stereocenters. The molecular weight excluding hydrogens is 260 g/mol. The van der Waals surface area contributed by atoms with E-state index >= 15 is 0 Å². The summed E-state index contributed by atoms with van der Waals surface area (Å²) in [6, 6.07) is 6.33. The normalized spacial score (nSPS) is 11.6. The fourth-order valence-corrected chi connectivity index (χ4v) is 1.62. The second-order valence-corrected chi connectivity index (χ2v) is 4.14. The number of ether oxygens (including phenoxy) is 2. The fraction of sp³-hybridized carbons (Fsp3) is 0.333. The molecule has 0 fully saturated rings. The molecule has 0 aliphatic carbocycles. The summed E-state index contributed by atoms with van der Waals surface area (Å²) in [7, 11) is 1.25. The van der Waals surface area contributed by atoms with Crippen molar-refractivity contribution in [3.05, 3.63) is 47.5 Å².